The molecule has 0 amide bonds. The maximum absolute atomic E-state index is 13.1. The van der Waals surface area contributed by atoms with Crippen LogP contribution < -0.4 is 0 Å². The summed E-state index contributed by atoms with van der Waals surface area (Å²) in [5.41, 5.74) is -1.31. The van der Waals surface area contributed by atoms with E-state index in [4.69, 9.17) is 14.2 Å². The second-order valence-corrected chi connectivity index (χ2v) is 11.0. The lowest BCUT2D eigenvalue weighted by atomic mass is 9.45. The van der Waals surface area contributed by atoms with E-state index in [0.717, 1.165) is 24.8 Å². The van der Waals surface area contributed by atoms with Gasteiger partial charge in [0.25, 0.3) is 0 Å². The molecule has 4 aliphatic carbocycles. The Morgan fingerprint density at radius 2 is 1.88 bits per heavy atom. The molecule has 3 fully saturated rings. The van der Waals surface area contributed by atoms with Crippen molar-refractivity contribution in [2.45, 2.75) is 90.4 Å². The summed E-state index contributed by atoms with van der Waals surface area (Å²) >= 11 is 0. The first-order chi connectivity index (χ1) is 15.0. The van der Waals surface area contributed by atoms with Crippen molar-refractivity contribution in [1.82, 2.24) is 0 Å². The van der Waals surface area contributed by atoms with Crippen molar-refractivity contribution in [2.24, 2.45) is 28.6 Å². The van der Waals surface area contributed by atoms with Crippen molar-refractivity contribution in [3.8, 4) is 0 Å². The van der Waals surface area contributed by atoms with Gasteiger partial charge in [0.15, 0.2) is 5.78 Å². The third-order valence-corrected chi connectivity index (χ3v) is 9.12. The number of ether oxygens (including phenoxy) is 3. The molecule has 0 unspecified atom stereocenters. The van der Waals surface area contributed by atoms with Crippen LogP contribution in [-0.2, 0) is 23.8 Å². The van der Waals surface area contributed by atoms with Gasteiger partial charge < -0.3 is 19.3 Å². The summed E-state index contributed by atoms with van der Waals surface area (Å²) in [6.45, 7) is 7.60. The SMILES string of the molecule is COC(=O)[C@@]1(OC(=O)OC(C)C)CC[C@H]2[C@@H]3CCC4=CC(=O)CC[C@]4(C)[C@H]3[C@@H](O)C[C@@]21C. The van der Waals surface area contributed by atoms with E-state index >= 15 is 0 Å². The first-order valence-electron chi connectivity index (χ1n) is 11.9. The molecule has 4 aliphatic rings. The lowest BCUT2D eigenvalue weighted by molar-refractivity contribution is -0.202. The molecule has 0 bridgehead atoms. The number of methoxy groups -OCH3 is 1. The van der Waals surface area contributed by atoms with Crippen molar-refractivity contribution < 1.29 is 33.7 Å². The Morgan fingerprint density at radius 3 is 2.53 bits per heavy atom. The number of fused-ring (bicyclic) bond motifs is 5. The second-order valence-electron chi connectivity index (χ2n) is 11.0. The summed E-state index contributed by atoms with van der Waals surface area (Å²) in [7, 11) is 1.30. The van der Waals surface area contributed by atoms with E-state index in [1.807, 2.05) is 6.92 Å². The number of aliphatic hydroxyl groups is 1. The predicted octanol–water partition coefficient (Wildman–Crippen LogP) is 3.96. The van der Waals surface area contributed by atoms with E-state index in [-0.39, 0.29) is 35.1 Å². The lowest BCUT2D eigenvalue weighted by Crippen LogP contribution is -2.63. The molecule has 7 heteroatoms. The molecule has 0 aliphatic heterocycles. The molecule has 0 aromatic heterocycles. The number of allylic oxidation sites excluding steroid dienone is 1. The zero-order valence-corrected chi connectivity index (χ0v) is 19.8. The Morgan fingerprint density at radius 1 is 1.16 bits per heavy atom. The highest BCUT2D eigenvalue weighted by atomic mass is 16.7. The summed E-state index contributed by atoms with van der Waals surface area (Å²) in [6.07, 6.45) is 4.20. The smallest absolute Gasteiger partial charge is 0.466 e. The average molecular weight is 449 g/mol. The molecule has 0 aromatic rings. The number of aliphatic hydroxyl groups excluding tert-OH is 1. The van der Waals surface area contributed by atoms with E-state index in [1.54, 1.807) is 19.9 Å². The normalized spacial score (nSPS) is 43.0. The van der Waals surface area contributed by atoms with Crippen molar-refractivity contribution in [2.75, 3.05) is 7.11 Å². The highest BCUT2D eigenvalue weighted by molar-refractivity contribution is 5.91. The van der Waals surface area contributed by atoms with Gasteiger partial charge in [0.05, 0.1) is 19.3 Å². The highest BCUT2D eigenvalue weighted by Gasteiger charge is 2.71. The number of carbonyl (C=O) groups excluding carboxylic acids is 3. The first-order valence-corrected chi connectivity index (χ1v) is 11.9. The number of esters is 1. The molecular weight excluding hydrogens is 412 g/mol. The van der Waals surface area contributed by atoms with E-state index in [1.165, 1.54) is 7.11 Å². The fourth-order valence-electron chi connectivity index (χ4n) is 7.74. The van der Waals surface area contributed by atoms with Gasteiger partial charge >= 0.3 is 12.1 Å². The van der Waals surface area contributed by atoms with Gasteiger partial charge in [-0.15, -0.1) is 0 Å². The molecule has 3 saturated carbocycles. The Bertz CT molecular complexity index is 847. The Balaban J connectivity index is 1.71. The van der Waals surface area contributed by atoms with Crippen LogP contribution in [0.1, 0.15) is 72.6 Å². The zero-order valence-electron chi connectivity index (χ0n) is 19.8. The minimum atomic E-state index is -1.48. The van der Waals surface area contributed by atoms with Crippen LogP contribution in [0.3, 0.4) is 0 Å². The van der Waals surface area contributed by atoms with Gasteiger partial charge in [0.2, 0.25) is 5.60 Å². The second kappa shape index (κ2) is 7.86. The lowest BCUT2D eigenvalue weighted by Gasteiger charge is -2.60. The average Bonchev–Trinajstić information content (AvgIpc) is 2.99. The maximum Gasteiger partial charge on any atom is 0.509 e. The number of ketones is 1. The van der Waals surface area contributed by atoms with Crippen molar-refractivity contribution in [3.05, 3.63) is 11.6 Å². The molecule has 1 N–H and O–H groups in total. The summed E-state index contributed by atoms with van der Waals surface area (Å²) in [5.74, 6) is -0.119. The van der Waals surface area contributed by atoms with Crippen LogP contribution in [0.4, 0.5) is 4.79 Å². The quantitative estimate of drug-likeness (QED) is 0.652. The summed E-state index contributed by atoms with van der Waals surface area (Å²) in [6, 6.07) is 0. The fraction of sp³-hybridized carbons (Fsp3) is 0.800. The van der Waals surface area contributed by atoms with Gasteiger partial charge in [-0.2, -0.15) is 0 Å². The van der Waals surface area contributed by atoms with Crippen LogP contribution in [-0.4, -0.2) is 47.9 Å². The van der Waals surface area contributed by atoms with Gasteiger partial charge in [-0.05, 0) is 81.6 Å². The number of carbonyl (C=O) groups is 3. The van der Waals surface area contributed by atoms with Crippen molar-refractivity contribution in [3.63, 3.8) is 0 Å². The van der Waals surface area contributed by atoms with E-state index in [2.05, 4.69) is 6.92 Å². The van der Waals surface area contributed by atoms with Crippen LogP contribution in [0.25, 0.3) is 0 Å². The zero-order chi connectivity index (χ0) is 23.5. The standard InChI is InChI=1S/C25H36O7/c1-14(2)31-22(29)32-25(21(28)30-5)11-9-18-17-7-6-15-12-16(26)8-10-23(15,3)20(17)19(27)13-24(18,25)4/h12,14,17-20,27H,6-11,13H2,1-5H3/t17-,18-,19-,20+,23-,24-,25-/m0/s1. The summed E-state index contributed by atoms with van der Waals surface area (Å²) in [4.78, 5) is 37.7. The minimum absolute atomic E-state index is 0.0183. The topological polar surface area (TPSA) is 99.1 Å². The molecular formula is C25H36O7. The van der Waals surface area contributed by atoms with Gasteiger partial charge in [-0.1, -0.05) is 19.4 Å². The van der Waals surface area contributed by atoms with Gasteiger partial charge in [0, 0.05) is 11.8 Å². The van der Waals surface area contributed by atoms with Gasteiger partial charge in [-0.3, -0.25) is 4.79 Å². The third-order valence-electron chi connectivity index (χ3n) is 9.12. The van der Waals surface area contributed by atoms with Crippen LogP contribution >= 0.6 is 0 Å². The molecule has 7 nitrogen and oxygen atoms in total. The molecule has 32 heavy (non-hydrogen) atoms. The van der Waals surface area contributed by atoms with Crippen LogP contribution in [0.2, 0.25) is 0 Å². The van der Waals surface area contributed by atoms with E-state index < -0.39 is 29.2 Å². The molecule has 0 spiro atoms. The molecule has 7 atom stereocenters. The van der Waals surface area contributed by atoms with Gasteiger partial charge in [0.1, 0.15) is 0 Å². The Hall–Kier alpha value is -1.89. The third kappa shape index (κ3) is 3.22. The van der Waals surface area contributed by atoms with E-state index in [0.29, 0.717) is 25.7 Å². The van der Waals surface area contributed by atoms with Gasteiger partial charge in [-0.25, -0.2) is 9.59 Å². The highest BCUT2D eigenvalue weighted by Crippen LogP contribution is 2.68. The molecule has 0 radical (unpaired) electrons. The fourth-order valence-corrected chi connectivity index (χ4v) is 7.74. The number of hydrogen-bond donors (Lipinski definition) is 1. The maximum atomic E-state index is 13.1. The monoisotopic (exact) mass is 448 g/mol. The predicted molar refractivity (Wildman–Crippen MR) is 116 cm³/mol. The molecule has 178 valence electrons. The first kappa shape index (κ1) is 23.3. The summed E-state index contributed by atoms with van der Waals surface area (Å²) in [5, 5.41) is 11.5. The molecule has 0 aromatic carbocycles. The van der Waals surface area contributed by atoms with Crippen LogP contribution in [0.5, 0.6) is 0 Å². The Labute approximate surface area is 189 Å². The number of hydrogen-bond acceptors (Lipinski definition) is 7. The van der Waals surface area contributed by atoms with Crippen LogP contribution in [0, 0.1) is 28.6 Å². The molecule has 4 rings (SSSR count). The van der Waals surface area contributed by atoms with E-state index in [9.17, 15) is 19.5 Å². The van der Waals surface area contributed by atoms with Crippen molar-refractivity contribution in [1.29, 1.82) is 0 Å². The molecule has 0 saturated heterocycles. The Kier molecular flexibility index (Phi) is 5.71. The van der Waals surface area contributed by atoms with Crippen molar-refractivity contribution >= 4 is 17.9 Å². The molecule has 0 heterocycles. The van der Waals surface area contributed by atoms with Crippen LogP contribution in [0.15, 0.2) is 11.6 Å². The largest absolute Gasteiger partial charge is 0.509 e. The summed E-state index contributed by atoms with van der Waals surface area (Å²) < 4.78 is 16.2. The number of rotatable bonds is 3. The minimum Gasteiger partial charge on any atom is -0.466 e.